The van der Waals surface area contributed by atoms with Crippen LogP contribution >= 0.6 is 0 Å². The molecule has 0 fully saturated rings. The molecule has 0 amide bonds. The molecule has 0 heterocycles. The molecule has 1 N–H and O–H groups in total. The summed E-state index contributed by atoms with van der Waals surface area (Å²) in [4.78, 5) is 11.4. The predicted octanol–water partition coefficient (Wildman–Crippen LogP) is 1.40. The van der Waals surface area contributed by atoms with E-state index in [0.29, 0.717) is 33.4 Å². The maximum absolute atomic E-state index is 11.4. The summed E-state index contributed by atoms with van der Waals surface area (Å²) in [6.45, 7) is 1.82. The van der Waals surface area contributed by atoms with E-state index in [1.807, 2.05) is 30.8 Å². The summed E-state index contributed by atoms with van der Waals surface area (Å²) in [5.74, 6) is 2.24. The van der Waals surface area contributed by atoms with Gasteiger partial charge >= 0.3 is 0 Å². The Labute approximate surface area is 137 Å². The predicted molar refractivity (Wildman–Crippen MR) is 92.2 cm³/mol. The van der Waals surface area contributed by atoms with E-state index in [9.17, 15) is 4.80 Å². The number of rotatable bonds is 6. The van der Waals surface area contributed by atoms with Gasteiger partial charge in [-0.15, -0.1) is 0 Å². The zero-order chi connectivity index (χ0) is 17.0. The summed E-state index contributed by atoms with van der Waals surface area (Å²) in [6, 6.07) is 11.0. The lowest BCUT2D eigenvalue weighted by Crippen LogP contribution is -2.56. The average molecular weight is 334 g/mol. The standard InChI is InChI=1S/C17H22O5Si/c1-19-12-8-6-10-14(16(12)21-3)23(5,18)15-11-7-9-13(20-2)17(15)22-4/h6-11,18H,1-5H3. The van der Waals surface area contributed by atoms with Crippen LogP contribution in [0.1, 0.15) is 0 Å². The van der Waals surface area contributed by atoms with Crippen molar-refractivity contribution in [3.8, 4) is 23.0 Å². The molecule has 23 heavy (non-hydrogen) atoms. The van der Waals surface area contributed by atoms with Crippen LogP contribution < -0.4 is 29.3 Å². The average Bonchev–Trinajstić information content (AvgIpc) is 2.59. The highest BCUT2D eigenvalue weighted by atomic mass is 28.4. The zero-order valence-electron chi connectivity index (χ0n) is 14.0. The van der Waals surface area contributed by atoms with Crippen molar-refractivity contribution in [2.24, 2.45) is 0 Å². The Kier molecular flexibility index (Phi) is 5.18. The van der Waals surface area contributed by atoms with Crippen LogP contribution in [0.15, 0.2) is 36.4 Å². The molecule has 0 atom stereocenters. The van der Waals surface area contributed by atoms with E-state index < -0.39 is 8.32 Å². The molecular weight excluding hydrogens is 312 g/mol. The van der Waals surface area contributed by atoms with Gasteiger partial charge in [-0.25, -0.2) is 0 Å². The van der Waals surface area contributed by atoms with Gasteiger partial charge in [0.25, 0.3) is 8.32 Å². The Hall–Kier alpha value is -2.18. The van der Waals surface area contributed by atoms with Gasteiger partial charge in [-0.3, -0.25) is 0 Å². The largest absolute Gasteiger partial charge is 0.493 e. The fourth-order valence-corrected chi connectivity index (χ4v) is 5.15. The van der Waals surface area contributed by atoms with Crippen LogP contribution in [-0.2, 0) is 0 Å². The molecule has 0 aliphatic heterocycles. The molecule has 0 saturated carbocycles. The minimum atomic E-state index is -3.09. The lowest BCUT2D eigenvalue weighted by molar-refractivity contribution is 0.355. The molecule has 124 valence electrons. The van der Waals surface area contributed by atoms with Crippen molar-refractivity contribution in [3.63, 3.8) is 0 Å². The lowest BCUT2D eigenvalue weighted by atomic mass is 10.3. The molecule has 0 saturated heterocycles. The third-order valence-corrected chi connectivity index (χ3v) is 6.74. The molecule has 2 aromatic carbocycles. The Morgan fingerprint density at radius 1 is 0.696 bits per heavy atom. The van der Waals surface area contributed by atoms with Crippen LogP contribution in [0.25, 0.3) is 0 Å². The summed E-state index contributed by atoms with van der Waals surface area (Å²) in [6.07, 6.45) is 0. The van der Waals surface area contributed by atoms with Gasteiger partial charge in [-0.2, -0.15) is 0 Å². The van der Waals surface area contributed by atoms with Crippen molar-refractivity contribution in [2.45, 2.75) is 6.55 Å². The SMILES string of the molecule is COc1cccc([Si](C)(O)c2cccc(OC)c2OC)c1OC. The Bertz CT molecular complexity index is 627. The molecule has 0 bridgehead atoms. The van der Waals surface area contributed by atoms with Crippen molar-refractivity contribution < 1.29 is 23.7 Å². The second-order valence-corrected chi connectivity index (χ2v) is 8.38. The number of para-hydroxylation sites is 2. The minimum Gasteiger partial charge on any atom is -0.493 e. The van der Waals surface area contributed by atoms with E-state index in [1.54, 1.807) is 40.6 Å². The molecule has 0 aliphatic carbocycles. The summed E-state index contributed by atoms with van der Waals surface area (Å²) in [5, 5.41) is 1.43. The maximum Gasteiger partial charge on any atom is 0.257 e. The Morgan fingerprint density at radius 2 is 1.09 bits per heavy atom. The first-order valence-corrected chi connectivity index (χ1v) is 9.61. The number of hydrogen-bond acceptors (Lipinski definition) is 5. The lowest BCUT2D eigenvalue weighted by Gasteiger charge is -2.26. The van der Waals surface area contributed by atoms with E-state index in [-0.39, 0.29) is 0 Å². The van der Waals surface area contributed by atoms with Gasteiger partial charge in [0, 0.05) is 10.4 Å². The van der Waals surface area contributed by atoms with Gasteiger partial charge in [0.2, 0.25) is 0 Å². The molecule has 0 spiro atoms. The molecule has 0 radical (unpaired) electrons. The second-order valence-electron chi connectivity index (χ2n) is 5.15. The van der Waals surface area contributed by atoms with Crippen LogP contribution in [0.3, 0.4) is 0 Å². The highest BCUT2D eigenvalue weighted by Gasteiger charge is 2.37. The van der Waals surface area contributed by atoms with Crippen LogP contribution in [-0.4, -0.2) is 41.6 Å². The Balaban J connectivity index is 2.68. The molecule has 5 nitrogen and oxygen atoms in total. The maximum atomic E-state index is 11.4. The Morgan fingerprint density at radius 3 is 1.39 bits per heavy atom. The smallest absolute Gasteiger partial charge is 0.257 e. The third-order valence-electron chi connectivity index (χ3n) is 3.85. The van der Waals surface area contributed by atoms with E-state index in [0.717, 1.165) is 0 Å². The van der Waals surface area contributed by atoms with E-state index in [1.165, 1.54) is 0 Å². The van der Waals surface area contributed by atoms with Crippen molar-refractivity contribution in [2.75, 3.05) is 28.4 Å². The van der Waals surface area contributed by atoms with E-state index in [2.05, 4.69) is 0 Å². The van der Waals surface area contributed by atoms with Crippen molar-refractivity contribution in [1.82, 2.24) is 0 Å². The fraction of sp³-hybridized carbons (Fsp3) is 0.294. The molecule has 2 rings (SSSR count). The first-order valence-electron chi connectivity index (χ1n) is 7.16. The van der Waals surface area contributed by atoms with Crippen molar-refractivity contribution in [3.05, 3.63) is 36.4 Å². The molecule has 2 aromatic rings. The van der Waals surface area contributed by atoms with Crippen molar-refractivity contribution in [1.29, 1.82) is 0 Å². The molecule has 6 heteroatoms. The monoisotopic (exact) mass is 334 g/mol. The summed E-state index contributed by atoms with van der Waals surface area (Å²) >= 11 is 0. The number of ether oxygens (including phenoxy) is 4. The third kappa shape index (κ3) is 3.00. The molecule has 0 aromatic heterocycles. The zero-order valence-corrected chi connectivity index (χ0v) is 15.0. The van der Waals surface area contributed by atoms with Crippen molar-refractivity contribution >= 4 is 18.7 Å². The van der Waals surface area contributed by atoms with Crippen LogP contribution in [0.2, 0.25) is 6.55 Å². The molecular formula is C17H22O5Si. The molecule has 0 unspecified atom stereocenters. The van der Waals surface area contributed by atoms with Crippen LogP contribution in [0, 0.1) is 0 Å². The topological polar surface area (TPSA) is 57.2 Å². The first-order chi connectivity index (χ1) is 11.0. The quantitative estimate of drug-likeness (QED) is 0.810. The first kappa shape index (κ1) is 17.2. The van der Waals surface area contributed by atoms with Gasteiger partial charge in [0.15, 0.2) is 23.0 Å². The van der Waals surface area contributed by atoms with Gasteiger partial charge in [-0.05, 0) is 18.7 Å². The summed E-state index contributed by atoms with van der Waals surface area (Å²) in [5.41, 5.74) is 0. The van der Waals surface area contributed by atoms with Gasteiger partial charge in [0.1, 0.15) is 0 Å². The normalized spacial score (nSPS) is 11.0. The summed E-state index contributed by atoms with van der Waals surface area (Å²) < 4.78 is 21.6. The van der Waals surface area contributed by atoms with Gasteiger partial charge in [-0.1, -0.05) is 24.3 Å². The van der Waals surface area contributed by atoms with E-state index >= 15 is 0 Å². The fourth-order valence-electron chi connectivity index (χ4n) is 2.69. The van der Waals surface area contributed by atoms with Gasteiger partial charge in [0.05, 0.1) is 28.4 Å². The highest BCUT2D eigenvalue weighted by molar-refractivity contribution is 6.96. The number of methoxy groups -OCH3 is 4. The number of hydrogen-bond donors (Lipinski definition) is 1. The molecule has 0 aliphatic rings. The van der Waals surface area contributed by atoms with Gasteiger partial charge < -0.3 is 23.7 Å². The van der Waals surface area contributed by atoms with Crippen LogP contribution in [0.4, 0.5) is 0 Å². The van der Waals surface area contributed by atoms with Crippen LogP contribution in [0.5, 0.6) is 23.0 Å². The highest BCUT2D eigenvalue weighted by Crippen LogP contribution is 2.30. The summed E-state index contributed by atoms with van der Waals surface area (Å²) in [7, 11) is 3.18. The second kappa shape index (κ2) is 6.93. The minimum absolute atomic E-state index is 0.538. The number of benzene rings is 2. The van der Waals surface area contributed by atoms with E-state index in [4.69, 9.17) is 18.9 Å².